The highest BCUT2D eigenvalue weighted by Crippen LogP contribution is 2.27. The number of H-pyrrole nitrogens is 1. The number of hydrogen-bond acceptors (Lipinski definition) is 6. The lowest BCUT2D eigenvalue weighted by Crippen LogP contribution is -2.37. The molecule has 0 unspecified atom stereocenters. The molecule has 17 heavy (non-hydrogen) atoms. The first kappa shape index (κ1) is 12.0. The third-order valence-corrected chi connectivity index (χ3v) is 2.64. The smallest absolute Gasteiger partial charge is 0.330 e. The summed E-state index contributed by atoms with van der Waals surface area (Å²) in [6, 6.07) is 1.09. The van der Waals surface area contributed by atoms with Crippen molar-refractivity contribution in [2.45, 2.75) is 24.5 Å². The molecule has 1 aromatic heterocycles. The second-order valence-corrected chi connectivity index (χ2v) is 3.75. The van der Waals surface area contributed by atoms with Gasteiger partial charge in [0.25, 0.3) is 5.56 Å². The van der Waals surface area contributed by atoms with Gasteiger partial charge in [0, 0.05) is 12.3 Å². The van der Waals surface area contributed by atoms with Crippen LogP contribution in [-0.4, -0.2) is 49.8 Å². The molecule has 0 amide bonds. The van der Waals surface area contributed by atoms with Gasteiger partial charge in [0.2, 0.25) is 0 Å². The molecule has 0 aromatic carbocycles. The Labute approximate surface area is 94.7 Å². The van der Waals surface area contributed by atoms with Crippen LogP contribution in [0.3, 0.4) is 0 Å². The molecule has 0 bridgehead atoms. The van der Waals surface area contributed by atoms with E-state index in [0.29, 0.717) is 0 Å². The van der Waals surface area contributed by atoms with Crippen LogP contribution in [0.15, 0.2) is 21.9 Å². The fraction of sp³-hybridized carbons (Fsp3) is 0.556. The predicted molar refractivity (Wildman–Crippen MR) is 54.3 cm³/mol. The summed E-state index contributed by atoms with van der Waals surface area (Å²) in [6.45, 7) is -0.479. The first-order valence-corrected chi connectivity index (χ1v) is 4.98. The van der Waals surface area contributed by atoms with E-state index in [-0.39, 0.29) is 0 Å². The SMILES string of the molecule is O=[13c]1[13cH][13cH]n([13C@@H]2O[13C@H]([13CH2]O)[13C@@H](O)[13C@H]2O)[13c](=O)[nH]1. The fourth-order valence-electron chi connectivity index (χ4n) is 1.74. The van der Waals surface area contributed by atoms with Crippen molar-refractivity contribution < 1.29 is 20.1 Å². The van der Waals surface area contributed by atoms with Crippen LogP contribution < -0.4 is 11.2 Å². The van der Waals surface area contributed by atoms with Gasteiger partial charge in [0.05, 0.1) is 6.61 Å². The summed E-state index contributed by atoms with van der Waals surface area (Å²) in [5, 5.41) is 28.1. The molecule has 1 saturated heterocycles. The van der Waals surface area contributed by atoms with Crippen molar-refractivity contribution in [2.75, 3.05) is 6.61 Å². The van der Waals surface area contributed by atoms with Gasteiger partial charge in [-0.25, -0.2) is 4.79 Å². The van der Waals surface area contributed by atoms with Crippen molar-refractivity contribution in [3.05, 3.63) is 33.1 Å². The van der Waals surface area contributed by atoms with Crippen LogP contribution in [0, 0.1) is 0 Å². The number of aliphatic hydroxyl groups is 3. The highest BCUT2D eigenvalue weighted by molar-refractivity contribution is 4.92. The number of hydrogen-bond donors (Lipinski definition) is 4. The van der Waals surface area contributed by atoms with E-state index in [1.807, 2.05) is 4.98 Å². The maximum Gasteiger partial charge on any atom is 0.330 e. The van der Waals surface area contributed by atoms with Crippen molar-refractivity contribution >= 4 is 0 Å². The summed E-state index contributed by atoms with van der Waals surface area (Å²) in [6.07, 6.45) is -3.58. The summed E-state index contributed by atoms with van der Waals surface area (Å²) in [4.78, 5) is 24.3. The largest absolute Gasteiger partial charge is 0.394 e. The highest BCUT2D eigenvalue weighted by atomic mass is 16.8. The van der Waals surface area contributed by atoms with E-state index in [1.54, 1.807) is 0 Å². The molecule has 1 fully saturated rings. The Morgan fingerprint density at radius 3 is 2.59 bits per heavy atom. The normalized spacial score (nSPS) is 32.9. The van der Waals surface area contributed by atoms with Crippen LogP contribution in [-0.2, 0) is 4.74 Å². The number of nitrogens with zero attached hydrogens (tertiary/aromatic N) is 1. The third kappa shape index (κ3) is 2.03. The highest BCUT2D eigenvalue weighted by Gasteiger charge is 2.43. The standard InChI is InChI=1S/C9H12N2O6/c12-3-4-6(14)7(15)8(17-4)11-2-1-5(13)10-9(11)16/h1-2,4,6-8,12,14-15H,3H2,(H,10,13,16)/t4-,6-,7-,8-/m1/s1/i1+1,2+1,3+1,4+1,5+1,6+1,7+1,8+1,9+1. The Balaban J connectivity index is 2.35. The van der Waals surface area contributed by atoms with E-state index >= 15 is 0 Å². The summed E-state index contributed by atoms with van der Waals surface area (Å²) in [5.74, 6) is 0. The lowest BCUT2D eigenvalue weighted by atomic mass is 11.1. The van der Waals surface area contributed by atoms with E-state index < -0.39 is 42.4 Å². The van der Waals surface area contributed by atoms with E-state index in [9.17, 15) is 19.8 Å². The molecule has 0 radical (unpaired) electrons. The van der Waals surface area contributed by atoms with Gasteiger partial charge in [-0.3, -0.25) is 14.3 Å². The van der Waals surface area contributed by atoms with Gasteiger partial charge in [-0.2, -0.15) is 0 Å². The maximum atomic E-state index is 11.4. The summed E-state index contributed by atoms with van der Waals surface area (Å²) in [5.41, 5.74) is -1.33. The Morgan fingerprint density at radius 1 is 1.35 bits per heavy atom. The zero-order valence-electron chi connectivity index (χ0n) is 8.68. The lowest BCUT2D eigenvalue weighted by Gasteiger charge is -2.16. The molecule has 0 aliphatic carbocycles. The molecular formula is C9H12N2O6. The molecule has 4 atom stereocenters. The number of nitrogens with one attached hydrogen (secondary N) is 1. The second kappa shape index (κ2) is 4.41. The third-order valence-electron chi connectivity index (χ3n) is 2.64. The number of aromatic amines is 1. The van der Waals surface area contributed by atoms with Crippen LogP contribution in [0.2, 0.25) is 0 Å². The van der Waals surface area contributed by atoms with Crippen molar-refractivity contribution in [1.29, 1.82) is 0 Å². The topological polar surface area (TPSA) is 125 Å². The molecule has 2 rings (SSSR count). The quantitative estimate of drug-likeness (QED) is 0.420. The minimum atomic E-state index is -1.35. The molecule has 1 aromatic rings. The van der Waals surface area contributed by atoms with Crippen LogP contribution >= 0.6 is 0 Å². The zero-order valence-corrected chi connectivity index (χ0v) is 8.68. The number of rotatable bonds is 2. The van der Waals surface area contributed by atoms with Gasteiger partial charge >= 0.3 is 5.69 Å². The van der Waals surface area contributed by atoms with Gasteiger partial charge in [-0.1, -0.05) is 0 Å². The molecule has 4 N–H and O–H groups in total. The van der Waals surface area contributed by atoms with Gasteiger partial charge in [-0.15, -0.1) is 0 Å². The predicted octanol–water partition coefficient (Wildman–Crippen LogP) is -2.85. The average molecular weight is 253 g/mol. The molecular weight excluding hydrogens is 241 g/mol. The van der Waals surface area contributed by atoms with Gasteiger partial charge in [0.1, 0.15) is 18.3 Å². The number of aliphatic hydroxyl groups excluding tert-OH is 3. The van der Waals surface area contributed by atoms with Gasteiger partial charge in [0.15, 0.2) is 6.23 Å². The Bertz CT molecular complexity index is 509. The van der Waals surface area contributed by atoms with Gasteiger partial charge < -0.3 is 20.1 Å². The number of aromatic nitrogens is 2. The molecule has 0 spiro atoms. The zero-order chi connectivity index (χ0) is 12.6. The van der Waals surface area contributed by atoms with E-state index in [4.69, 9.17) is 9.84 Å². The molecule has 0 saturated carbocycles. The maximum absolute atomic E-state index is 11.4. The van der Waals surface area contributed by atoms with Crippen LogP contribution in [0.1, 0.15) is 6.23 Å². The molecule has 2 heterocycles. The van der Waals surface area contributed by atoms with Crippen LogP contribution in [0.5, 0.6) is 0 Å². The lowest BCUT2D eigenvalue weighted by molar-refractivity contribution is -0.0550. The first-order valence-electron chi connectivity index (χ1n) is 4.98. The monoisotopic (exact) mass is 253 g/mol. The van der Waals surface area contributed by atoms with Crippen molar-refractivity contribution in [3.8, 4) is 0 Å². The summed E-state index contributed by atoms with van der Waals surface area (Å²) in [7, 11) is 0. The summed E-state index contributed by atoms with van der Waals surface area (Å²) < 4.78 is 6.08. The molecule has 1 aliphatic heterocycles. The fourth-order valence-corrected chi connectivity index (χ4v) is 1.74. The molecule has 1 aliphatic rings. The van der Waals surface area contributed by atoms with Crippen LogP contribution in [0.25, 0.3) is 0 Å². The molecule has 8 nitrogen and oxygen atoms in total. The number of ether oxygens (including phenoxy) is 1. The van der Waals surface area contributed by atoms with E-state index in [2.05, 4.69) is 0 Å². The summed E-state index contributed by atoms with van der Waals surface area (Å²) >= 11 is 0. The Hall–Kier alpha value is -1.48. The van der Waals surface area contributed by atoms with Crippen LogP contribution in [0.4, 0.5) is 0 Å². The van der Waals surface area contributed by atoms with Gasteiger partial charge in [-0.05, 0) is 0 Å². The van der Waals surface area contributed by atoms with Crippen molar-refractivity contribution in [1.82, 2.24) is 9.55 Å². The molecule has 8 heteroatoms. The molecule has 94 valence electrons. The minimum Gasteiger partial charge on any atom is -0.394 e. The Morgan fingerprint density at radius 2 is 2.06 bits per heavy atom. The van der Waals surface area contributed by atoms with Crippen molar-refractivity contribution in [2.24, 2.45) is 0 Å². The minimum absolute atomic E-state index is 0.479. The first-order chi connectivity index (χ1) is 8.04. The average Bonchev–Trinajstić information content (AvgIpc) is 2.57. The van der Waals surface area contributed by atoms with E-state index in [1.165, 1.54) is 0 Å². The second-order valence-electron chi connectivity index (χ2n) is 3.75. The Kier molecular flexibility index (Phi) is 3.11. The van der Waals surface area contributed by atoms with Crippen molar-refractivity contribution in [3.63, 3.8) is 0 Å². The van der Waals surface area contributed by atoms with E-state index in [0.717, 1.165) is 16.8 Å².